The van der Waals surface area contributed by atoms with E-state index in [1.807, 2.05) is 0 Å². The number of rotatable bonds is 9. The first kappa shape index (κ1) is 17.2. The number of hydrogen-bond acceptors (Lipinski definition) is 7. The molecule has 0 aromatic rings. The zero-order chi connectivity index (χ0) is 14.1. The number of carbonyl (C=O) groups is 1. The van der Waals surface area contributed by atoms with Gasteiger partial charge in [-0.1, -0.05) is 0 Å². The van der Waals surface area contributed by atoms with Crippen LogP contribution in [-0.4, -0.2) is 75.6 Å². The molecule has 0 aromatic carbocycles. The summed E-state index contributed by atoms with van der Waals surface area (Å²) in [4.78, 5) is 11.4. The lowest BCUT2D eigenvalue weighted by molar-refractivity contribution is -0.148. The van der Waals surface area contributed by atoms with Crippen molar-refractivity contribution in [2.45, 2.75) is 37.3 Å². The highest BCUT2D eigenvalue weighted by Crippen LogP contribution is 2.05. The molecule has 0 aliphatic heterocycles. The van der Waals surface area contributed by atoms with Gasteiger partial charge in [0.05, 0.1) is 6.61 Å². The molecule has 8 N–H and O–H groups in total. The Hall–Kier alpha value is -0.770. The first-order chi connectivity index (χ1) is 8.45. The topological polar surface area (TPSA) is 156 Å². The van der Waals surface area contributed by atoms with Crippen molar-refractivity contribution >= 4 is 5.91 Å². The quantitative estimate of drug-likeness (QED) is 0.211. The van der Waals surface area contributed by atoms with Crippen LogP contribution in [0.15, 0.2) is 0 Å². The predicted molar refractivity (Wildman–Crippen MR) is 62.4 cm³/mol. The van der Waals surface area contributed by atoms with Crippen molar-refractivity contribution in [3.63, 3.8) is 0 Å². The number of aliphatic hydroxyl groups excluding tert-OH is 5. The Balaban J connectivity index is 4.11. The van der Waals surface area contributed by atoms with E-state index in [1.165, 1.54) is 0 Å². The van der Waals surface area contributed by atoms with E-state index in [0.717, 1.165) is 0 Å². The Labute approximate surface area is 105 Å². The summed E-state index contributed by atoms with van der Waals surface area (Å²) in [6, 6.07) is 0. The summed E-state index contributed by atoms with van der Waals surface area (Å²) in [7, 11) is 0. The number of nitrogens with one attached hydrogen (secondary N) is 1. The molecule has 0 saturated heterocycles. The van der Waals surface area contributed by atoms with Crippen molar-refractivity contribution in [3.8, 4) is 0 Å². The Morgan fingerprint density at radius 1 is 1.11 bits per heavy atom. The van der Waals surface area contributed by atoms with E-state index in [2.05, 4.69) is 5.32 Å². The summed E-state index contributed by atoms with van der Waals surface area (Å²) in [5, 5.41) is 48.1. The van der Waals surface area contributed by atoms with Crippen molar-refractivity contribution in [2.24, 2.45) is 5.73 Å². The Bertz CT molecular complexity index is 240. The van der Waals surface area contributed by atoms with Crippen LogP contribution in [0.25, 0.3) is 0 Å². The lowest BCUT2D eigenvalue weighted by Crippen LogP contribution is -2.51. The van der Waals surface area contributed by atoms with E-state index in [9.17, 15) is 20.1 Å². The molecule has 0 aromatic heterocycles. The summed E-state index contributed by atoms with van der Waals surface area (Å²) < 4.78 is 0. The second-order valence-electron chi connectivity index (χ2n) is 3.96. The molecule has 0 heterocycles. The molecule has 0 aliphatic rings. The van der Waals surface area contributed by atoms with Gasteiger partial charge in [-0.2, -0.15) is 0 Å². The van der Waals surface area contributed by atoms with E-state index >= 15 is 0 Å². The van der Waals surface area contributed by atoms with Gasteiger partial charge < -0.3 is 36.6 Å². The maximum Gasteiger partial charge on any atom is 0.251 e. The fourth-order valence-corrected chi connectivity index (χ4v) is 1.26. The van der Waals surface area contributed by atoms with E-state index in [0.29, 0.717) is 25.9 Å². The average molecular weight is 266 g/mol. The lowest BCUT2D eigenvalue weighted by Gasteiger charge is -2.24. The molecule has 18 heavy (non-hydrogen) atoms. The highest BCUT2D eigenvalue weighted by molar-refractivity contribution is 5.81. The van der Waals surface area contributed by atoms with Crippen LogP contribution in [0.1, 0.15) is 12.8 Å². The van der Waals surface area contributed by atoms with Crippen LogP contribution in [-0.2, 0) is 4.79 Å². The van der Waals surface area contributed by atoms with Crippen molar-refractivity contribution in [1.29, 1.82) is 0 Å². The number of unbranched alkanes of at least 4 members (excludes halogenated alkanes) is 1. The van der Waals surface area contributed by atoms with Crippen LogP contribution in [0.2, 0.25) is 0 Å². The molecule has 4 atom stereocenters. The standard InChI is InChI=1S/C10H22N2O6/c11-3-1-2-4-12-10(18)9(17)8(16)7(15)6(14)5-13/h6-9,13-17H,1-5,11H2,(H,12,18)/t6-,7-,8+,9-/m1/s1. The van der Waals surface area contributed by atoms with Gasteiger partial charge in [-0.05, 0) is 19.4 Å². The van der Waals surface area contributed by atoms with Crippen LogP contribution >= 0.6 is 0 Å². The molecule has 108 valence electrons. The van der Waals surface area contributed by atoms with Crippen LogP contribution in [0.3, 0.4) is 0 Å². The molecule has 0 unspecified atom stereocenters. The SMILES string of the molecule is NCCCCNC(=O)[C@H](O)[C@@H](O)[C@H](O)[C@H](O)CO. The number of amides is 1. The third-order valence-corrected chi connectivity index (χ3v) is 2.45. The first-order valence-corrected chi connectivity index (χ1v) is 5.76. The zero-order valence-corrected chi connectivity index (χ0v) is 10.1. The molecule has 0 spiro atoms. The normalized spacial score (nSPS) is 17.9. The van der Waals surface area contributed by atoms with Gasteiger partial charge in [0, 0.05) is 6.54 Å². The summed E-state index contributed by atoms with van der Waals surface area (Å²) in [5.41, 5.74) is 5.26. The maximum absolute atomic E-state index is 11.4. The Morgan fingerprint density at radius 2 is 1.72 bits per heavy atom. The highest BCUT2D eigenvalue weighted by atomic mass is 16.4. The first-order valence-electron chi connectivity index (χ1n) is 5.76. The molecule has 0 fully saturated rings. The molecule has 0 aliphatic carbocycles. The van der Waals surface area contributed by atoms with E-state index in [1.54, 1.807) is 0 Å². The third-order valence-electron chi connectivity index (χ3n) is 2.45. The second-order valence-corrected chi connectivity index (χ2v) is 3.96. The van der Waals surface area contributed by atoms with Crippen LogP contribution in [0, 0.1) is 0 Å². The number of nitrogens with two attached hydrogens (primary N) is 1. The maximum atomic E-state index is 11.4. The Morgan fingerprint density at radius 3 is 2.22 bits per heavy atom. The molecule has 0 rings (SSSR count). The van der Waals surface area contributed by atoms with Crippen LogP contribution in [0.5, 0.6) is 0 Å². The molecule has 8 heteroatoms. The fourth-order valence-electron chi connectivity index (χ4n) is 1.26. The van der Waals surface area contributed by atoms with Crippen molar-refractivity contribution < 1.29 is 30.3 Å². The largest absolute Gasteiger partial charge is 0.394 e. The summed E-state index contributed by atoms with van der Waals surface area (Å²) in [5.74, 6) is -0.858. The van der Waals surface area contributed by atoms with Crippen molar-refractivity contribution in [3.05, 3.63) is 0 Å². The molecular formula is C10H22N2O6. The zero-order valence-electron chi connectivity index (χ0n) is 10.1. The molecule has 0 saturated carbocycles. The van der Waals surface area contributed by atoms with Gasteiger partial charge in [0.25, 0.3) is 5.91 Å². The summed E-state index contributed by atoms with van der Waals surface area (Å²) in [6.45, 7) is -0.00994. The van der Waals surface area contributed by atoms with E-state index < -0.39 is 36.9 Å². The average Bonchev–Trinajstić information content (AvgIpc) is 2.39. The molecule has 0 bridgehead atoms. The van der Waals surface area contributed by atoms with Crippen LogP contribution < -0.4 is 11.1 Å². The number of carbonyl (C=O) groups excluding carboxylic acids is 1. The lowest BCUT2D eigenvalue weighted by atomic mass is 10.0. The third kappa shape index (κ3) is 5.71. The minimum Gasteiger partial charge on any atom is -0.394 e. The Kier molecular flexibility index (Phi) is 8.81. The minimum atomic E-state index is -1.88. The highest BCUT2D eigenvalue weighted by Gasteiger charge is 2.33. The monoisotopic (exact) mass is 266 g/mol. The summed E-state index contributed by atoms with van der Waals surface area (Å²) in [6.07, 6.45) is -5.84. The molecule has 0 radical (unpaired) electrons. The van der Waals surface area contributed by atoms with Gasteiger partial charge in [-0.25, -0.2) is 0 Å². The van der Waals surface area contributed by atoms with Crippen molar-refractivity contribution in [1.82, 2.24) is 5.32 Å². The smallest absolute Gasteiger partial charge is 0.251 e. The molecule has 8 nitrogen and oxygen atoms in total. The second kappa shape index (κ2) is 9.20. The van der Waals surface area contributed by atoms with E-state index in [4.69, 9.17) is 15.9 Å². The van der Waals surface area contributed by atoms with Gasteiger partial charge >= 0.3 is 0 Å². The van der Waals surface area contributed by atoms with Crippen molar-refractivity contribution in [2.75, 3.05) is 19.7 Å². The van der Waals surface area contributed by atoms with Gasteiger partial charge in [0.15, 0.2) is 6.10 Å². The molecule has 1 amide bonds. The number of hydrogen-bond donors (Lipinski definition) is 7. The number of aliphatic hydroxyl groups is 5. The minimum absolute atomic E-state index is 0.290. The fraction of sp³-hybridized carbons (Fsp3) is 0.900. The predicted octanol–water partition coefficient (Wildman–Crippen LogP) is -3.72. The van der Waals surface area contributed by atoms with Gasteiger partial charge in [-0.15, -0.1) is 0 Å². The summed E-state index contributed by atoms with van der Waals surface area (Å²) >= 11 is 0. The molecular weight excluding hydrogens is 244 g/mol. The van der Waals surface area contributed by atoms with Gasteiger partial charge in [0.1, 0.15) is 18.3 Å². The van der Waals surface area contributed by atoms with Gasteiger partial charge in [0.2, 0.25) is 0 Å². The van der Waals surface area contributed by atoms with Crippen LogP contribution in [0.4, 0.5) is 0 Å². The van der Waals surface area contributed by atoms with Gasteiger partial charge in [-0.3, -0.25) is 4.79 Å². The van der Waals surface area contributed by atoms with E-state index in [-0.39, 0.29) is 0 Å².